The van der Waals surface area contributed by atoms with Crippen LogP contribution in [0.2, 0.25) is 0 Å². The Kier molecular flexibility index (Phi) is 6.81. The largest absolute Gasteiger partial charge is 0.340 e. The third-order valence-electron chi connectivity index (χ3n) is 5.19. The van der Waals surface area contributed by atoms with E-state index >= 15 is 0 Å². The lowest BCUT2D eigenvalue weighted by Gasteiger charge is -2.21. The molecular weight excluding hydrogens is 394 g/mol. The molecule has 0 radical (unpaired) electrons. The van der Waals surface area contributed by atoms with Crippen molar-refractivity contribution in [2.75, 3.05) is 20.6 Å². The Hall–Kier alpha value is -3.52. The summed E-state index contributed by atoms with van der Waals surface area (Å²) >= 11 is 0. The van der Waals surface area contributed by atoms with Crippen molar-refractivity contribution in [1.29, 1.82) is 0 Å². The molecule has 0 aliphatic heterocycles. The zero-order chi connectivity index (χ0) is 22.5. The maximum atomic E-state index is 12.8. The van der Waals surface area contributed by atoms with Crippen molar-refractivity contribution in [2.24, 2.45) is 0 Å². The number of rotatable bonds is 8. The van der Waals surface area contributed by atoms with E-state index in [4.69, 9.17) is 0 Å². The number of nitrogens with one attached hydrogen (secondary N) is 2. The van der Waals surface area contributed by atoms with Crippen molar-refractivity contribution < 1.29 is 14.6 Å². The van der Waals surface area contributed by atoms with Gasteiger partial charge in [-0.25, -0.2) is 0 Å². The molecule has 0 unspecified atom stereocenters. The summed E-state index contributed by atoms with van der Waals surface area (Å²) in [5.74, 6) is -0.136. The molecule has 3 aromatic rings. The number of carbonyl (C=O) groups is 1. The quantitative estimate of drug-likeness (QED) is 0.429. The molecule has 3 rings (SSSR count). The Morgan fingerprint density at radius 2 is 1.77 bits per heavy atom. The van der Waals surface area contributed by atoms with Crippen LogP contribution in [0.1, 0.15) is 38.9 Å². The lowest BCUT2D eigenvalue weighted by molar-refractivity contribution is -0.860. The Labute approximate surface area is 181 Å². The van der Waals surface area contributed by atoms with Gasteiger partial charge in [-0.3, -0.25) is 19.6 Å². The van der Waals surface area contributed by atoms with Crippen LogP contribution in [0, 0.1) is 24.0 Å². The Bertz CT molecular complexity index is 1060. The minimum atomic E-state index is -0.403. The highest BCUT2D eigenvalue weighted by Gasteiger charge is 2.22. The molecule has 1 amide bonds. The second kappa shape index (κ2) is 9.53. The summed E-state index contributed by atoms with van der Waals surface area (Å²) in [6.07, 6.45) is 0. The average Bonchev–Trinajstić information content (AvgIpc) is 3.01. The van der Waals surface area contributed by atoms with Gasteiger partial charge < -0.3 is 10.2 Å². The van der Waals surface area contributed by atoms with Crippen molar-refractivity contribution in [3.8, 4) is 0 Å². The summed E-state index contributed by atoms with van der Waals surface area (Å²) in [5, 5.41) is 18.6. The molecule has 2 N–H and O–H groups in total. The lowest BCUT2D eigenvalue weighted by atomic mass is 10.1. The lowest BCUT2D eigenvalue weighted by Crippen LogP contribution is -3.06. The van der Waals surface area contributed by atoms with Crippen LogP contribution in [0.4, 0.5) is 5.69 Å². The topological polar surface area (TPSA) is 94.5 Å². The van der Waals surface area contributed by atoms with Gasteiger partial charge in [0.25, 0.3) is 5.91 Å². The number of hydrogen-bond donors (Lipinski definition) is 2. The second-order valence-electron chi connectivity index (χ2n) is 7.98. The molecule has 0 aliphatic rings. The Morgan fingerprint density at radius 1 is 1.13 bits per heavy atom. The molecule has 0 fully saturated rings. The predicted molar refractivity (Wildman–Crippen MR) is 118 cm³/mol. The number of quaternary nitrogens is 1. The minimum Gasteiger partial charge on any atom is -0.340 e. The molecule has 1 aromatic heterocycles. The summed E-state index contributed by atoms with van der Waals surface area (Å²) in [6.45, 7) is 4.49. The molecule has 0 bridgehead atoms. The zero-order valence-corrected chi connectivity index (χ0v) is 18.3. The highest BCUT2D eigenvalue weighted by Crippen LogP contribution is 2.22. The number of carbonyl (C=O) groups excluding carboxylic acids is 1. The van der Waals surface area contributed by atoms with Gasteiger partial charge in [0.15, 0.2) is 0 Å². The van der Waals surface area contributed by atoms with Gasteiger partial charge >= 0.3 is 5.69 Å². The molecule has 1 heterocycles. The van der Waals surface area contributed by atoms with Gasteiger partial charge in [0.2, 0.25) is 0 Å². The van der Waals surface area contributed by atoms with Crippen LogP contribution in [0.3, 0.4) is 0 Å². The number of hydrogen-bond acceptors (Lipinski definition) is 4. The first-order chi connectivity index (χ1) is 14.8. The number of benzene rings is 2. The van der Waals surface area contributed by atoms with E-state index in [1.54, 1.807) is 30.7 Å². The first-order valence-electron chi connectivity index (χ1n) is 10.2. The molecule has 8 nitrogen and oxygen atoms in total. The van der Waals surface area contributed by atoms with Crippen LogP contribution in [0.15, 0.2) is 54.6 Å². The SMILES string of the molecule is Cc1nn(Cc2ccc(C(=O)N[C@H](C[NH+](C)C)c3ccccc3)cc2)c(C)c1[N+](=O)[O-]. The van der Waals surface area contributed by atoms with E-state index < -0.39 is 4.92 Å². The molecule has 0 saturated heterocycles. The molecule has 31 heavy (non-hydrogen) atoms. The van der Waals surface area contributed by atoms with Gasteiger partial charge in [-0.15, -0.1) is 0 Å². The molecule has 8 heteroatoms. The van der Waals surface area contributed by atoms with Crippen LogP contribution in [-0.4, -0.2) is 41.3 Å². The maximum Gasteiger partial charge on any atom is 0.312 e. The highest BCUT2D eigenvalue weighted by molar-refractivity contribution is 5.94. The molecule has 1 atom stereocenters. The molecular formula is C23H28N5O3+. The van der Waals surface area contributed by atoms with E-state index in [9.17, 15) is 14.9 Å². The standard InChI is InChI=1S/C23H27N5O3/c1-16-22(28(30)31)17(2)27(25-16)14-18-10-12-20(13-11-18)23(29)24-21(15-26(3)4)19-8-6-5-7-9-19/h5-13,21H,14-15H2,1-4H3,(H,24,29)/p+1/t21-/m1/s1. The van der Waals surface area contributed by atoms with Crippen LogP contribution in [0.25, 0.3) is 0 Å². The van der Waals surface area contributed by atoms with E-state index in [1.165, 1.54) is 4.90 Å². The smallest absolute Gasteiger partial charge is 0.312 e. The Balaban J connectivity index is 1.72. The number of aromatic nitrogens is 2. The van der Waals surface area contributed by atoms with Crippen LogP contribution in [0.5, 0.6) is 0 Å². The highest BCUT2D eigenvalue weighted by atomic mass is 16.6. The molecule has 0 aliphatic carbocycles. The van der Waals surface area contributed by atoms with Gasteiger partial charge in [0.05, 0.1) is 25.6 Å². The van der Waals surface area contributed by atoms with Crippen LogP contribution in [-0.2, 0) is 6.54 Å². The Morgan fingerprint density at radius 3 is 2.32 bits per heavy atom. The summed E-state index contributed by atoms with van der Waals surface area (Å²) in [7, 11) is 4.11. The van der Waals surface area contributed by atoms with Gasteiger partial charge in [-0.05, 0) is 37.1 Å². The van der Waals surface area contributed by atoms with Gasteiger partial charge in [-0.1, -0.05) is 42.5 Å². The van der Waals surface area contributed by atoms with Crippen molar-refractivity contribution in [3.63, 3.8) is 0 Å². The normalized spacial score (nSPS) is 12.0. The maximum absolute atomic E-state index is 12.8. The van der Waals surface area contributed by atoms with E-state index in [-0.39, 0.29) is 17.6 Å². The monoisotopic (exact) mass is 422 g/mol. The average molecular weight is 423 g/mol. The van der Waals surface area contributed by atoms with E-state index in [0.717, 1.165) is 17.7 Å². The summed E-state index contributed by atoms with van der Waals surface area (Å²) in [6, 6.07) is 17.1. The van der Waals surface area contributed by atoms with Crippen molar-refractivity contribution in [1.82, 2.24) is 15.1 Å². The fourth-order valence-corrected chi connectivity index (χ4v) is 3.63. The van der Waals surface area contributed by atoms with E-state index in [0.29, 0.717) is 23.5 Å². The van der Waals surface area contributed by atoms with Gasteiger partial charge in [0, 0.05) is 5.56 Å². The molecule has 0 saturated carbocycles. The number of likely N-dealkylation sites (N-methyl/N-ethyl adjacent to an activating group) is 1. The first kappa shape index (κ1) is 22.2. The second-order valence-corrected chi connectivity index (χ2v) is 7.98. The van der Waals surface area contributed by atoms with Gasteiger partial charge in [-0.2, -0.15) is 5.10 Å². The van der Waals surface area contributed by atoms with Crippen molar-refractivity contribution >= 4 is 11.6 Å². The number of nitro groups is 1. The van der Waals surface area contributed by atoms with Crippen LogP contribution >= 0.6 is 0 Å². The molecule has 0 spiro atoms. The van der Waals surface area contributed by atoms with Crippen molar-refractivity contribution in [3.05, 3.63) is 92.8 Å². The molecule has 2 aromatic carbocycles. The van der Waals surface area contributed by atoms with Crippen LogP contribution < -0.4 is 10.2 Å². The molecule has 162 valence electrons. The number of nitrogens with zero attached hydrogens (tertiary/aromatic N) is 3. The zero-order valence-electron chi connectivity index (χ0n) is 18.3. The first-order valence-corrected chi connectivity index (χ1v) is 10.2. The van der Waals surface area contributed by atoms with E-state index in [1.807, 2.05) is 42.5 Å². The third kappa shape index (κ3) is 5.35. The summed E-state index contributed by atoms with van der Waals surface area (Å²) in [5.41, 5.74) is 3.51. The number of amides is 1. The fourth-order valence-electron chi connectivity index (χ4n) is 3.63. The van der Waals surface area contributed by atoms with Gasteiger partial charge in [0.1, 0.15) is 24.0 Å². The minimum absolute atomic E-state index is 0.0472. The summed E-state index contributed by atoms with van der Waals surface area (Å²) in [4.78, 5) is 24.9. The fraction of sp³-hybridized carbons (Fsp3) is 0.304. The number of aryl methyl sites for hydroxylation is 1. The predicted octanol–water partition coefficient (Wildman–Crippen LogP) is 2.07. The van der Waals surface area contributed by atoms with Crippen molar-refractivity contribution in [2.45, 2.75) is 26.4 Å². The third-order valence-corrected chi connectivity index (χ3v) is 5.19. The van der Waals surface area contributed by atoms with E-state index in [2.05, 4.69) is 24.5 Å². The summed E-state index contributed by atoms with van der Waals surface area (Å²) < 4.78 is 1.62.